The van der Waals surface area contributed by atoms with E-state index in [9.17, 15) is 0 Å². The van der Waals surface area contributed by atoms with Gasteiger partial charge in [0, 0.05) is 0 Å². The fourth-order valence-corrected chi connectivity index (χ4v) is 8.07. The van der Waals surface area contributed by atoms with Crippen LogP contribution in [0, 0.1) is 46.3 Å². The van der Waals surface area contributed by atoms with Crippen LogP contribution in [0.4, 0.5) is 0 Å². The first-order valence-corrected chi connectivity index (χ1v) is 9.97. The highest BCUT2D eigenvalue weighted by Gasteiger charge is 2.60. The van der Waals surface area contributed by atoms with E-state index < -0.39 is 0 Å². The van der Waals surface area contributed by atoms with Gasteiger partial charge in [-0.1, -0.05) is 40.5 Å². The molecule has 0 amide bonds. The quantitative estimate of drug-likeness (QED) is 0.490. The molecule has 0 N–H and O–H groups in total. The summed E-state index contributed by atoms with van der Waals surface area (Å²) in [5, 5.41) is 0. The summed E-state index contributed by atoms with van der Waals surface area (Å²) in [5.74, 6) is 6.24. The Morgan fingerprint density at radius 2 is 1.48 bits per heavy atom. The molecule has 21 heavy (non-hydrogen) atoms. The summed E-state index contributed by atoms with van der Waals surface area (Å²) in [6.45, 7) is 10.5. The largest absolute Gasteiger partial charge is 0.0622 e. The van der Waals surface area contributed by atoms with Crippen molar-refractivity contribution in [2.45, 2.75) is 85.5 Å². The molecule has 120 valence electrons. The minimum absolute atomic E-state index is 0.693. The second-order valence-electron chi connectivity index (χ2n) is 9.97. The van der Waals surface area contributed by atoms with Crippen molar-refractivity contribution in [3.63, 3.8) is 0 Å². The Bertz CT molecular complexity index is 412. The summed E-state index contributed by atoms with van der Waals surface area (Å²) < 4.78 is 0. The Balaban J connectivity index is 1.68. The van der Waals surface area contributed by atoms with Gasteiger partial charge in [-0.2, -0.15) is 0 Å². The van der Waals surface area contributed by atoms with Crippen molar-refractivity contribution in [2.24, 2.45) is 46.3 Å². The summed E-state index contributed by atoms with van der Waals surface area (Å²) in [6, 6.07) is 0. The minimum Gasteiger partial charge on any atom is -0.0622 e. The van der Waals surface area contributed by atoms with Crippen LogP contribution in [-0.2, 0) is 0 Å². The van der Waals surface area contributed by atoms with E-state index in [1.165, 1.54) is 25.7 Å². The molecule has 0 aromatic rings. The fourth-order valence-electron chi connectivity index (χ4n) is 8.07. The Morgan fingerprint density at radius 1 is 0.714 bits per heavy atom. The van der Waals surface area contributed by atoms with Gasteiger partial charge < -0.3 is 0 Å². The lowest BCUT2D eigenvalue weighted by Gasteiger charge is -2.62. The van der Waals surface area contributed by atoms with Gasteiger partial charge in [0.1, 0.15) is 0 Å². The van der Waals surface area contributed by atoms with Gasteiger partial charge in [0.15, 0.2) is 0 Å². The van der Waals surface area contributed by atoms with Gasteiger partial charge >= 0.3 is 0 Å². The molecule has 4 saturated carbocycles. The molecular formula is C21H36. The summed E-state index contributed by atoms with van der Waals surface area (Å²) in [6.07, 6.45) is 13.8. The van der Waals surface area contributed by atoms with Crippen LogP contribution in [0.1, 0.15) is 85.5 Å². The van der Waals surface area contributed by atoms with Gasteiger partial charge in [-0.25, -0.2) is 0 Å². The van der Waals surface area contributed by atoms with E-state index in [-0.39, 0.29) is 0 Å². The van der Waals surface area contributed by atoms with E-state index in [0.717, 1.165) is 35.5 Å². The van der Waals surface area contributed by atoms with Crippen LogP contribution in [0.3, 0.4) is 0 Å². The maximum atomic E-state index is 2.71. The Labute approximate surface area is 132 Å². The van der Waals surface area contributed by atoms with E-state index in [2.05, 4.69) is 27.7 Å². The van der Waals surface area contributed by atoms with Gasteiger partial charge in [0.05, 0.1) is 0 Å². The molecule has 4 fully saturated rings. The molecule has 1 unspecified atom stereocenters. The van der Waals surface area contributed by atoms with Gasteiger partial charge in [0.2, 0.25) is 0 Å². The molecule has 4 aliphatic carbocycles. The normalized spacial score (nSPS) is 60.0. The minimum atomic E-state index is 0.693. The van der Waals surface area contributed by atoms with Gasteiger partial charge in [-0.05, 0) is 91.3 Å². The molecule has 0 spiro atoms. The van der Waals surface area contributed by atoms with Crippen molar-refractivity contribution in [3.05, 3.63) is 0 Å². The van der Waals surface area contributed by atoms with Crippen LogP contribution < -0.4 is 0 Å². The predicted octanol–water partition coefficient (Wildman–Crippen LogP) is 6.30. The first kappa shape index (κ1) is 14.6. The monoisotopic (exact) mass is 288 g/mol. The maximum Gasteiger partial charge on any atom is -0.0264 e. The van der Waals surface area contributed by atoms with Crippen molar-refractivity contribution < 1.29 is 0 Å². The molecule has 0 bridgehead atoms. The molecule has 0 radical (unpaired) electrons. The van der Waals surface area contributed by atoms with Crippen LogP contribution in [0.5, 0.6) is 0 Å². The van der Waals surface area contributed by atoms with Crippen molar-refractivity contribution in [3.8, 4) is 0 Å². The molecule has 0 heteroatoms. The lowest BCUT2D eigenvalue weighted by atomic mass is 9.43. The number of hydrogen-bond donors (Lipinski definition) is 0. The van der Waals surface area contributed by atoms with Crippen molar-refractivity contribution in [1.82, 2.24) is 0 Å². The van der Waals surface area contributed by atoms with Crippen LogP contribution in [0.15, 0.2) is 0 Å². The molecule has 4 aliphatic rings. The second kappa shape index (κ2) is 4.75. The topological polar surface area (TPSA) is 0 Å². The molecule has 0 heterocycles. The highest BCUT2D eigenvalue weighted by molar-refractivity contribution is 5.09. The zero-order valence-corrected chi connectivity index (χ0v) is 14.8. The van der Waals surface area contributed by atoms with Gasteiger partial charge in [0.25, 0.3) is 0 Å². The van der Waals surface area contributed by atoms with Crippen LogP contribution in [-0.4, -0.2) is 0 Å². The van der Waals surface area contributed by atoms with Gasteiger partial charge in [-0.15, -0.1) is 0 Å². The first-order valence-electron chi connectivity index (χ1n) is 9.97. The zero-order valence-electron chi connectivity index (χ0n) is 14.8. The molecule has 0 nitrogen and oxygen atoms in total. The predicted molar refractivity (Wildman–Crippen MR) is 90.1 cm³/mol. The Hall–Kier alpha value is 0. The Morgan fingerprint density at radius 3 is 2.29 bits per heavy atom. The lowest BCUT2D eigenvalue weighted by molar-refractivity contribution is -0.130. The summed E-state index contributed by atoms with van der Waals surface area (Å²) in [5.41, 5.74) is 1.40. The SMILES string of the molecule is C[C@@H]1CC[C@H]2[C@@H]3C[C@H](C)C4CCCC[C@]4(C)[C@H]3CC[C@]12C. The number of hydrogen-bond acceptors (Lipinski definition) is 0. The maximum absolute atomic E-state index is 2.71. The third kappa shape index (κ3) is 1.86. The highest BCUT2D eigenvalue weighted by atomic mass is 14.6. The summed E-state index contributed by atoms with van der Waals surface area (Å²) >= 11 is 0. The number of rotatable bonds is 0. The molecule has 0 aromatic carbocycles. The van der Waals surface area contributed by atoms with Crippen LogP contribution in [0.25, 0.3) is 0 Å². The first-order chi connectivity index (χ1) is 9.97. The lowest BCUT2D eigenvalue weighted by Crippen LogP contribution is -2.54. The van der Waals surface area contributed by atoms with Gasteiger partial charge in [-0.3, -0.25) is 0 Å². The number of fused-ring (bicyclic) bond motifs is 5. The molecular weight excluding hydrogens is 252 g/mol. The molecule has 0 aromatic heterocycles. The van der Waals surface area contributed by atoms with E-state index in [1.54, 1.807) is 32.1 Å². The van der Waals surface area contributed by atoms with E-state index in [0.29, 0.717) is 10.8 Å². The fraction of sp³-hybridized carbons (Fsp3) is 1.00. The Kier molecular flexibility index (Phi) is 3.30. The van der Waals surface area contributed by atoms with Crippen LogP contribution >= 0.6 is 0 Å². The third-order valence-electron chi connectivity index (χ3n) is 9.42. The molecule has 8 atom stereocenters. The van der Waals surface area contributed by atoms with Crippen molar-refractivity contribution >= 4 is 0 Å². The van der Waals surface area contributed by atoms with E-state index in [4.69, 9.17) is 0 Å². The highest BCUT2D eigenvalue weighted by Crippen LogP contribution is 2.68. The van der Waals surface area contributed by atoms with E-state index >= 15 is 0 Å². The molecule has 0 saturated heterocycles. The third-order valence-corrected chi connectivity index (χ3v) is 9.42. The summed E-state index contributed by atoms with van der Waals surface area (Å²) in [4.78, 5) is 0. The molecule has 0 aliphatic heterocycles. The molecule has 4 rings (SSSR count). The van der Waals surface area contributed by atoms with Crippen molar-refractivity contribution in [1.29, 1.82) is 0 Å². The summed E-state index contributed by atoms with van der Waals surface area (Å²) in [7, 11) is 0. The standard InChI is InChI=1S/C21H36/c1-14-13-16-18-9-8-15(2)20(18,3)12-10-19(16)21(4)11-6-5-7-17(14)21/h14-19H,5-13H2,1-4H3/t14-,15+,16-,17?,18-,19-,20+,21-/m0/s1. The average Bonchev–Trinajstić information content (AvgIpc) is 2.75. The van der Waals surface area contributed by atoms with E-state index in [1.807, 2.05) is 0 Å². The van der Waals surface area contributed by atoms with Crippen LogP contribution in [0.2, 0.25) is 0 Å². The zero-order chi connectivity index (χ0) is 14.8. The second-order valence-corrected chi connectivity index (χ2v) is 9.97. The average molecular weight is 289 g/mol. The van der Waals surface area contributed by atoms with Crippen molar-refractivity contribution in [2.75, 3.05) is 0 Å². The smallest absolute Gasteiger partial charge is 0.0264 e.